The lowest BCUT2D eigenvalue weighted by molar-refractivity contribution is -0.0343. The van der Waals surface area contributed by atoms with Crippen molar-refractivity contribution in [1.29, 1.82) is 0 Å². The van der Waals surface area contributed by atoms with Gasteiger partial charge in [0.25, 0.3) is 0 Å². The molecule has 1 fully saturated rings. The molecule has 1 aliphatic rings. The van der Waals surface area contributed by atoms with Crippen LogP contribution in [0.4, 0.5) is 0 Å². The van der Waals surface area contributed by atoms with Crippen LogP contribution in [0.15, 0.2) is 0 Å². The summed E-state index contributed by atoms with van der Waals surface area (Å²) >= 11 is 0. The summed E-state index contributed by atoms with van der Waals surface area (Å²) < 4.78 is 11.3. The van der Waals surface area contributed by atoms with Gasteiger partial charge in [-0.25, -0.2) is 0 Å². The van der Waals surface area contributed by atoms with E-state index < -0.39 is 9.76 Å². The van der Waals surface area contributed by atoms with Crippen LogP contribution in [0.5, 0.6) is 0 Å². The third-order valence-electron chi connectivity index (χ3n) is 2.83. The minimum Gasteiger partial charge on any atom is -0.424 e. The number of unbranched alkanes of at least 4 members (excludes halogenated alkanes) is 1. The Kier molecular flexibility index (Phi) is 4.99. The predicted octanol–water partition coefficient (Wildman–Crippen LogP) is 1.80. The molecule has 1 aliphatic heterocycles. The summed E-state index contributed by atoms with van der Waals surface area (Å²) in [6.07, 6.45) is 7.60. The first-order valence-corrected chi connectivity index (χ1v) is 6.74. The van der Waals surface area contributed by atoms with Crippen molar-refractivity contribution in [2.24, 2.45) is 0 Å². The Bertz CT molecular complexity index is 127. The first-order chi connectivity index (χ1) is 6.33. The molecule has 0 N–H and O–H groups in total. The molecule has 13 heavy (non-hydrogen) atoms. The highest BCUT2D eigenvalue weighted by molar-refractivity contribution is 6.31. The van der Waals surface area contributed by atoms with E-state index in [4.69, 9.17) is 9.16 Å². The maximum Gasteiger partial charge on any atom is 0.193 e. The summed E-state index contributed by atoms with van der Waals surface area (Å²) in [5.41, 5.74) is 0. The molecule has 1 saturated heterocycles. The fraction of sp³-hybridized carbons (Fsp3) is 1.00. The number of hydrogen-bond acceptors (Lipinski definition) is 2. The minimum atomic E-state index is -0.473. The second kappa shape index (κ2) is 5.78. The molecule has 3 heteroatoms. The van der Waals surface area contributed by atoms with Crippen molar-refractivity contribution in [2.75, 3.05) is 13.7 Å². The van der Waals surface area contributed by atoms with Crippen LogP contribution in [-0.2, 0) is 9.16 Å². The highest BCUT2D eigenvalue weighted by Gasteiger charge is 2.33. The van der Waals surface area contributed by atoms with Gasteiger partial charge in [0.15, 0.2) is 9.76 Å². The lowest BCUT2D eigenvalue weighted by Crippen LogP contribution is -2.43. The van der Waals surface area contributed by atoms with Crippen molar-refractivity contribution >= 4 is 9.76 Å². The Hall–Kier alpha value is 0.137. The highest BCUT2D eigenvalue weighted by Crippen LogP contribution is 2.29. The number of rotatable bonds is 5. The van der Waals surface area contributed by atoms with Crippen molar-refractivity contribution in [2.45, 2.75) is 50.7 Å². The van der Waals surface area contributed by atoms with Crippen LogP contribution in [0.3, 0.4) is 0 Å². The summed E-state index contributed by atoms with van der Waals surface area (Å²) in [7, 11) is 1.36. The highest BCUT2D eigenvalue weighted by atomic mass is 28.2. The topological polar surface area (TPSA) is 18.5 Å². The van der Waals surface area contributed by atoms with Crippen LogP contribution in [0.2, 0.25) is 0 Å². The van der Waals surface area contributed by atoms with Crippen LogP contribution in [0, 0.1) is 0 Å². The van der Waals surface area contributed by atoms with Gasteiger partial charge >= 0.3 is 0 Å². The maximum absolute atomic E-state index is 5.94. The van der Waals surface area contributed by atoms with Gasteiger partial charge in [-0.15, -0.1) is 0 Å². The van der Waals surface area contributed by atoms with E-state index in [2.05, 4.69) is 6.92 Å². The summed E-state index contributed by atoms with van der Waals surface area (Å²) in [5, 5.41) is 0.197. The molecule has 1 heterocycles. The molecule has 0 radical (unpaired) electrons. The first kappa shape index (κ1) is 11.2. The van der Waals surface area contributed by atoms with Crippen molar-refractivity contribution in [3.8, 4) is 0 Å². The largest absolute Gasteiger partial charge is 0.424 e. The second-order valence-corrected chi connectivity index (χ2v) is 6.18. The van der Waals surface area contributed by atoms with E-state index in [0.29, 0.717) is 0 Å². The van der Waals surface area contributed by atoms with Gasteiger partial charge in [-0.1, -0.05) is 19.8 Å². The predicted molar refractivity (Wildman–Crippen MR) is 57.6 cm³/mol. The van der Waals surface area contributed by atoms with E-state index in [1.807, 2.05) is 7.11 Å². The molecule has 0 aliphatic carbocycles. The van der Waals surface area contributed by atoms with Gasteiger partial charge in [-0.2, -0.15) is 0 Å². The molecule has 1 unspecified atom stereocenters. The lowest BCUT2D eigenvalue weighted by atomic mass is 10.0. The zero-order chi connectivity index (χ0) is 9.57. The third kappa shape index (κ3) is 3.41. The van der Waals surface area contributed by atoms with Crippen LogP contribution >= 0.6 is 0 Å². The maximum atomic E-state index is 5.94. The van der Waals surface area contributed by atoms with Gasteiger partial charge < -0.3 is 9.16 Å². The molecule has 0 saturated carbocycles. The molecular weight excluding hydrogens is 180 g/mol. The quantitative estimate of drug-likeness (QED) is 0.633. The third-order valence-corrected chi connectivity index (χ3v) is 4.55. The zero-order valence-corrected chi connectivity index (χ0v) is 10.4. The van der Waals surface area contributed by atoms with Crippen molar-refractivity contribution < 1.29 is 9.16 Å². The van der Waals surface area contributed by atoms with Gasteiger partial charge in [0.05, 0.1) is 5.22 Å². The van der Waals surface area contributed by atoms with Crippen LogP contribution in [0.1, 0.15) is 45.4 Å². The molecule has 0 spiro atoms. The first-order valence-electron chi connectivity index (χ1n) is 5.46. The number of ether oxygens (including phenoxy) is 1. The smallest absolute Gasteiger partial charge is 0.193 e. The van der Waals surface area contributed by atoms with Gasteiger partial charge in [-0.05, 0) is 25.7 Å². The average molecular weight is 202 g/mol. The summed E-state index contributed by atoms with van der Waals surface area (Å²) in [4.78, 5) is 0. The minimum absolute atomic E-state index is 0.197. The monoisotopic (exact) mass is 202 g/mol. The van der Waals surface area contributed by atoms with Crippen molar-refractivity contribution in [1.82, 2.24) is 0 Å². The number of hydrogen-bond donors (Lipinski definition) is 0. The molecule has 0 aromatic heterocycles. The Morgan fingerprint density at radius 1 is 1.46 bits per heavy atom. The van der Waals surface area contributed by atoms with Gasteiger partial charge in [-0.3, -0.25) is 0 Å². The Labute approximate surface area is 83.9 Å². The van der Waals surface area contributed by atoms with Crippen molar-refractivity contribution in [3.05, 3.63) is 0 Å². The van der Waals surface area contributed by atoms with Crippen molar-refractivity contribution in [3.63, 3.8) is 0 Å². The SMILES string of the molecule is CCCCC1([SiH2]OC)CCCCO1. The molecule has 78 valence electrons. The van der Waals surface area contributed by atoms with E-state index in [1.165, 1.54) is 38.5 Å². The molecule has 0 amide bonds. The van der Waals surface area contributed by atoms with Gasteiger partial charge in [0, 0.05) is 13.7 Å². The van der Waals surface area contributed by atoms with Gasteiger partial charge in [0.1, 0.15) is 0 Å². The fourth-order valence-corrected chi connectivity index (χ4v) is 3.60. The summed E-state index contributed by atoms with van der Waals surface area (Å²) in [6.45, 7) is 3.20. The zero-order valence-electron chi connectivity index (χ0n) is 8.97. The molecule has 1 atom stereocenters. The van der Waals surface area contributed by atoms with E-state index in [1.54, 1.807) is 0 Å². The summed E-state index contributed by atoms with van der Waals surface area (Å²) in [5.74, 6) is 0. The molecule has 1 rings (SSSR count). The lowest BCUT2D eigenvalue weighted by Gasteiger charge is -2.36. The van der Waals surface area contributed by atoms with Gasteiger partial charge in [0.2, 0.25) is 0 Å². The van der Waals surface area contributed by atoms with E-state index >= 15 is 0 Å². The van der Waals surface area contributed by atoms with E-state index in [9.17, 15) is 0 Å². The average Bonchev–Trinajstić information content (AvgIpc) is 2.17. The normalized spacial score (nSPS) is 30.0. The van der Waals surface area contributed by atoms with Crippen LogP contribution < -0.4 is 0 Å². The fourth-order valence-electron chi connectivity index (χ4n) is 2.06. The summed E-state index contributed by atoms with van der Waals surface area (Å²) in [6, 6.07) is 0. The Morgan fingerprint density at radius 3 is 2.85 bits per heavy atom. The van der Waals surface area contributed by atoms with E-state index in [0.717, 1.165) is 6.61 Å². The molecule has 0 bridgehead atoms. The molecule has 0 aromatic rings. The van der Waals surface area contributed by atoms with Crippen LogP contribution in [0.25, 0.3) is 0 Å². The van der Waals surface area contributed by atoms with Crippen LogP contribution in [-0.4, -0.2) is 28.7 Å². The standard InChI is InChI=1S/C10H22O2Si/c1-3-4-7-10(13-11-2)8-5-6-9-12-10/h3-9,13H2,1-2H3. The van der Waals surface area contributed by atoms with E-state index in [-0.39, 0.29) is 5.22 Å². The molecule has 0 aromatic carbocycles. The molecular formula is C10H22O2Si. The Morgan fingerprint density at radius 2 is 2.31 bits per heavy atom. The molecule has 2 nitrogen and oxygen atoms in total. The second-order valence-electron chi connectivity index (χ2n) is 4.03. The Balaban J connectivity index is 2.40.